The summed E-state index contributed by atoms with van der Waals surface area (Å²) < 4.78 is 7.10. The fourth-order valence-corrected chi connectivity index (χ4v) is 2.87. The third-order valence-electron chi connectivity index (χ3n) is 3.14. The highest BCUT2D eigenvalue weighted by molar-refractivity contribution is 14.1. The average Bonchev–Trinajstić information content (AvgIpc) is 3.07. The lowest BCUT2D eigenvalue weighted by Gasteiger charge is -1.96. The summed E-state index contributed by atoms with van der Waals surface area (Å²) in [6, 6.07) is 9.69. The lowest BCUT2D eigenvalue weighted by molar-refractivity contribution is 0.529. The molecule has 0 aliphatic rings. The number of nitrogens with zero attached hydrogens (tertiary/aromatic N) is 4. The molecule has 0 radical (unpaired) electrons. The first-order valence-electron chi connectivity index (χ1n) is 6.56. The molecule has 4 aromatic rings. The zero-order valence-corrected chi connectivity index (χ0v) is 15.2. The van der Waals surface area contributed by atoms with Crippen LogP contribution in [0.5, 0.6) is 0 Å². The molecule has 3 heterocycles. The molecule has 3 aromatic heterocycles. The van der Waals surface area contributed by atoms with E-state index in [1.807, 2.05) is 30.3 Å². The minimum Gasteiger partial charge on any atom is -0.448 e. The van der Waals surface area contributed by atoms with Crippen molar-refractivity contribution in [3.63, 3.8) is 0 Å². The van der Waals surface area contributed by atoms with Crippen LogP contribution in [-0.2, 0) is 0 Å². The van der Waals surface area contributed by atoms with E-state index in [2.05, 4.69) is 69.2 Å². The maximum Gasteiger partial charge on any atom is 0.265 e. The number of para-hydroxylation sites is 1. The van der Waals surface area contributed by atoms with Crippen LogP contribution in [0.1, 0.15) is 5.76 Å². The van der Waals surface area contributed by atoms with Gasteiger partial charge < -0.3 is 9.40 Å². The standard InChI is InChI=1S/C14H8BrIN6O/c15-9-5-7(23-12(9)16)6-17-21-14-19-13-11(20-22-14)8-3-1-2-4-10(8)18-13/h1-6H,(H2,18,19,21,22). The van der Waals surface area contributed by atoms with Gasteiger partial charge in [-0.05, 0) is 22.0 Å². The summed E-state index contributed by atoms with van der Waals surface area (Å²) in [5, 5.41) is 13.3. The molecule has 9 heteroatoms. The number of hydrogen-bond acceptors (Lipinski definition) is 6. The number of benzene rings is 1. The van der Waals surface area contributed by atoms with E-state index in [-0.39, 0.29) is 0 Å². The number of anilines is 1. The number of nitrogens with one attached hydrogen (secondary N) is 2. The quantitative estimate of drug-likeness (QED) is 0.262. The first kappa shape index (κ1) is 14.6. The number of aromatic amines is 1. The van der Waals surface area contributed by atoms with Gasteiger partial charge in [-0.2, -0.15) is 10.1 Å². The van der Waals surface area contributed by atoms with Gasteiger partial charge in [0.05, 0.1) is 10.7 Å². The number of H-pyrrole nitrogens is 1. The van der Waals surface area contributed by atoms with Gasteiger partial charge in [-0.3, -0.25) is 0 Å². The van der Waals surface area contributed by atoms with E-state index in [0.717, 1.165) is 24.7 Å². The van der Waals surface area contributed by atoms with E-state index in [1.54, 1.807) is 6.21 Å². The smallest absolute Gasteiger partial charge is 0.265 e. The first-order valence-corrected chi connectivity index (χ1v) is 8.43. The van der Waals surface area contributed by atoms with Gasteiger partial charge in [-0.15, -0.1) is 10.2 Å². The summed E-state index contributed by atoms with van der Waals surface area (Å²) >= 11 is 5.46. The molecule has 0 atom stereocenters. The Kier molecular flexibility index (Phi) is 3.73. The maximum absolute atomic E-state index is 5.45. The maximum atomic E-state index is 5.45. The second-order valence-electron chi connectivity index (χ2n) is 4.64. The number of halogens is 2. The van der Waals surface area contributed by atoms with Crippen LogP contribution >= 0.6 is 38.5 Å². The Hall–Kier alpha value is -2.01. The molecule has 0 amide bonds. The molecule has 0 unspecified atom stereocenters. The Morgan fingerprint density at radius 2 is 2.17 bits per heavy atom. The molecule has 0 spiro atoms. The lowest BCUT2D eigenvalue weighted by Crippen LogP contribution is -1.98. The Morgan fingerprint density at radius 1 is 1.30 bits per heavy atom. The summed E-state index contributed by atoms with van der Waals surface area (Å²) in [5.41, 5.74) is 5.11. The number of hydrazone groups is 1. The fraction of sp³-hybridized carbons (Fsp3) is 0. The predicted octanol–water partition coefficient (Wildman–Crippen LogP) is 3.91. The molecule has 7 nitrogen and oxygen atoms in total. The Balaban J connectivity index is 1.60. The number of aromatic nitrogens is 4. The largest absolute Gasteiger partial charge is 0.448 e. The van der Waals surface area contributed by atoms with Crippen LogP contribution < -0.4 is 5.43 Å². The second-order valence-corrected chi connectivity index (χ2v) is 6.48. The fourth-order valence-electron chi connectivity index (χ4n) is 2.15. The topological polar surface area (TPSA) is 92.0 Å². The molecule has 0 bridgehead atoms. The molecule has 114 valence electrons. The molecule has 0 fully saturated rings. The highest BCUT2D eigenvalue weighted by Gasteiger charge is 2.08. The molecule has 0 saturated carbocycles. The van der Waals surface area contributed by atoms with Crippen molar-refractivity contribution < 1.29 is 4.42 Å². The van der Waals surface area contributed by atoms with E-state index in [0.29, 0.717) is 17.4 Å². The zero-order valence-electron chi connectivity index (χ0n) is 11.4. The summed E-state index contributed by atoms with van der Waals surface area (Å²) in [4.78, 5) is 7.58. The van der Waals surface area contributed by atoms with Crippen molar-refractivity contribution in [3.8, 4) is 0 Å². The molecule has 0 aliphatic carbocycles. The van der Waals surface area contributed by atoms with E-state index in [9.17, 15) is 0 Å². The summed E-state index contributed by atoms with van der Waals surface area (Å²) in [6.45, 7) is 0. The molecule has 0 saturated heterocycles. The molecule has 0 aliphatic heterocycles. The van der Waals surface area contributed by atoms with Crippen molar-refractivity contribution in [2.24, 2.45) is 5.10 Å². The third kappa shape index (κ3) is 2.81. The van der Waals surface area contributed by atoms with Crippen LogP contribution in [0.3, 0.4) is 0 Å². The Labute approximate surface area is 151 Å². The van der Waals surface area contributed by atoms with Crippen LogP contribution in [0.25, 0.3) is 22.1 Å². The molecule has 4 rings (SSSR count). The van der Waals surface area contributed by atoms with Crippen LogP contribution in [-0.4, -0.2) is 26.4 Å². The molecular formula is C14H8BrIN6O. The lowest BCUT2D eigenvalue weighted by atomic mass is 10.2. The van der Waals surface area contributed by atoms with E-state index in [4.69, 9.17) is 4.42 Å². The van der Waals surface area contributed by atoms with Crippen LogP contribution in [0.4, 0.5) is 5.95 Å². The molecule has 2 N–H and O–H groups in total. The van der Waals surface area contributed by atoms with Gasteiger partial charge in [0.1, 0.15) is 11.3 Å². The van der Waals surface area contributed by atoms with E-state index >= 15 is 0 Å². The van der Waals surface area contributed by atoms with Crippen LogP contribution in [0.15, 0.2) is 44.3 Å². The first-order chi connectivity index (χ1) is 11.2. The van der Waals surface area contributed by atoms with Crippen molar-refractivity contribution in [1.82, 2.24) is 20.2 Å². The number of furan rings is 1. The van der Waals surface area contributed by atoms with Gasteiger partial charge in [-0.1, -0.05) is 18.2 Å². The third-order valence-corrected chi connectivity index (χ3v) is 5.27. The van der Waals surface area contributed by atoms with Gasteiger partial charge >= 0.3 is 0 Å². The Morgan fingerprint density at radius 3 is 3.00 bits per heavy atom. The normalized spacial score (nSPS) is 11.7. The number of hydrogen-bond donors (Lipinski definition) is 2. The van der Waals surface area contributed by atoms with E-state index < -0.39 is 0 Å². The summed E-state index contributed by atoms with van der Waals surface area (Å²) in [5.74, 6) is 0.925. The van der Waals surface area contributed by atoms with Crippen LogP contribution in [0.2, 0.25) is 0 Å². The van der Waals surface area contributed by atoms with Crippen molar-refractivity contribution >= 4 is 72.8 Å². The minimum atomic E-state index is 0.306. The van der Waals surface area contributed by atoms with Gasteiger partial charge in [0.25, 0.3) is 5.95 Å². The SMILES string of the molecule is Brc1cc(C=NNc2nnc3c(n2)[nH]c2ccccc23)oc1I. The highest BCUT2D eigenvalue weighted by Crippen LogP contribution is 2.23. The van der Waals surface area contributed by atoms with Gasteiger partial charge in [0.15, 0.2) is 9.41 Å². The monoisotopic (exact) mass is 482 g/mol. The second kappa shape index (κ2) is 5.89. The summed E-state index contributed by atoms with van der Waals surface area (Å²) in [6.07, 6.45) is 1.55. The zero-order chi connectivity index (χ0) is 15.8. The Bertz CT molecular complexity index is 1020. The van der Waals surface area contributed by atoms with E-state index in [1.165, 1.54) is 0 Å². The van der Waals surface area contributed by atoms with Crippen molar-refractivity contribution in [1.29, 1.82) is 0 Å². The van der Waals surface area contributed by atoms with Crippen LogP contribution in [0, 0.1) is 3.77 Å². The summed E-state index contributed by atoms with van der Waals surface area (Å²) in [7, 11) is 0. The molecule has 23 heavy (non-hydrogen) atoms. The van der Waals surface area contributed by atoms with Gasteiger partial charge in [0.2, 0.25) is 0 Å². The van der Waals surface area contributed by atoms with Gasteiger partial charge in [-0.25, -0.2) is 5.43 Å². The van der Waals surface area contributed by atoms with Gasteiger partial charge in [0, 0.05) is 39.6 Å². The number of fused-ring (bicyclic) bond motifs is 3. The van der Waals surface area contributed by atoms with Crippen molar-refractivity contribution in [2.75, 3.05) is 5.43 Å². The average molecular weight is 483 g/mol. The van der Waals surface area contributed by atoms with Crippen molar-refractivity contribution in [3.05, 3.63) is 44.3 Å². The number of rotatable bonds is 3. The molecule has 1 aromatic carbocycles. The minimum absolute atomic E-state index is 0.306. The van der Waals surface area contributed by atoms with Crippen molar-refractivity contribution in [2.45, 2.75) is 0 Å². The molecular weight excluding hydrogens is 475 g/mol. The predicted molar refractivity (Wildman–Crippen MR) is 99.5 cm³/mol. The highest BCUT2D eigenvalue weighted by atomic mass is 127.